The maximum atomic E-state index is 12.4. The number of aryl methyl sites for hydroxylation is 1. The van der Waals surface area contributed by atoms with Gasteiger partial charge in [-0.25, -0.2) is 4.68 Å². The van der Waals surface area contributed by atoms with E-state index < -0.39 is 0 Å². The van der Waals surface area contributed by atoms with Crippen molar-refractivity contribution in [3.8, 4) is 5.82 Å². The number of hydrogen-bond acceptors (Lipinski definition) is 4. The molecule has 122 valence electrons. The lowest BCUT2D eigenvalue weighted by Crippen LogP contribution is -2.11. The van der Waals surface area contributed by atoms with Crippen molar-refractivity contribution in [1.29, 1.82) is 0 Å². The van der Waals surface area contributed by atoms with Gasteiger partial charge in [0.05, 0.1) is 23.1 Å². The summed E-state index contributed by atoms with van der Waals surface area (Å²) >= 11 is 0. The fraction of sp³-hybridized carbons (Fsp3) is 0.0526. The van der Waals surface area contributed by atoms with Crippen LogP contribution in [-0.2, 0) is 0 Å². The molecule has 4 rings (SSSR count). The maximum Gasteiger partial charge on any atom is 0.255 e. The Balaban J connectivity index is 1.72. The van der Waals surface area contributed by atoms with Gasteiger partial charge < -0.3 is 5.32 Å². The molecule has 0 radical (unpaired) electrons. The molecule has 4 aromatic rings. The monoisotopic (exact) mass is 329 g/mol. The summed E-state index contributed by atoms with van der Waals surface area (Å²) in [7, 11) is 0. The van der Waals surface area contributed by atoms with E-state index in [0.29, 0.717) is 17.1 Å². The van der Waals surface area contributed by atoms with Crippen molar-refractivity contribution in [2.24, 2.45) is 0 Å². The van der Waals surface area contributed by atoms with Crippen LogP contribution in [0.5, 0.6) is 0 Å². The van der Waals surface area contributed by atoms with E-state index in [1.807, 2.05) is 55.5 Å². The highest BCUT2D eigenvalue weighted by atomic mass is 16.1. The summed E-state index contributed by atoms with van der Waals surface area (Å²) in [4.78, 5) is 12.4. The van der Waals surface area contributed by atoms with Crippen LogP contribution in [-0.4, -0.2) is 25.9 Å². The lowest BCUT2D eigenvalue weighted by molar-refractivity contribution is 0.102. The number of fused-ring (bicyclic) bond motifs is 1. The zero-order valence-electron chi connectivity index (χ0n) is 13.5. The zero-order valence-corrected chi connectivity index (χ0v) is 13.5. The number of nitrogens with one attached hydrogen (secondary N) is 1. The Morgan fingerprint density at radius 3 is 2.56 bits per heavy atom. The van der Waals surface area contributed by atoms with Gasteiger partial charge in [-0.15, -0.1) is 5.10 Å². The number of rotatable bonds is 3. The van der Waals surface area contributed by atoms with Gasteiger partial charge in [-0.1, -0.05) is 24.3 Å². The van der Waals surface area contributed by atoms with E-state index >= 15 is 0 Å². The number of aromatic nitrogens is 4. The molecular formula is C19H15N5O. The number of amides is 1. The minimum Gasteiger partial charge on any atom is -0.321 e. The fourth-order valence-corrected chi connectivity index (χ4v) is 2.63. The van der Waals surface area contributed by atoms with E-state index in [0.717, 1.165) is 16.6 Å². The second-order valence-corrected chi connectivity index (χ2v) is 5.65. The number of anilines is 1. The summed E-state index contributed by atoms with van der Waals surface area (Å²) in [5, 5.41) is 16.4. The van der Waals surface area contributed by atoms with Crippen molar-refractivity contribution >= 4 is 22.5 Å². The summed E-state index contributed by atoms with van der Waals surface area (Å²) in [6, 6.07) is 18.5. The van der Waals surface area contributed by atoms with Gasteiger partial charge in [0.15, 0.2) is 5.82 Å². The first-order valence-electron chi connectivity index (χ1n) is 7.86. The Morgan fingerprint density at radius 2 is 1.80 bits per heavy atom. The minimum absolute atomic E-state index is 0.157. The van der Waals surface area contributed by atoms with Crippen molar-refractivity contribution in [2.45, 2.75) is 6.92 Å². The minimum atomic E-state index is -0.157. The van der Waals surface area contributed by atoms with Crippen LogP contribution in [0.25, 0.3) is 16.7 Å². The van der Waals surface area contributed by atoms with Gasteiger partial charge in [-0.3, -0.25) is 4.79 Å². The Morgan fingerprint density at radius 1 is 0.960 bits per heavy atom. The number of carbonyl (C=O) groups is 1. The van der Waals surface area contributed by atoms with E-state index in [1.165, 1.54) is 0 Å². The summed E-state index contributed by atoms with van der Waals surface area (Å²) in [6.45, 7) is 1.88. The Bertz CT molecular complexity index is 1040. The van der Waals surface area contributed by atoms with Gasteiger partial charge in [0.25, 0.3) is 5.91 Å². The Hall–Kier alpha value is -3.54. The second-order valence-electron chi connectivity index (χ2n) is 5.65. The van der Waals surface area contributed by atoms with Crippen molar-refractivity contribution in [2.75, 3.05) is 5.32 Å². The first-order valence-corrected chi connectivity index (χ1v) is 7.86. The first-order chi connectivity index (χ1) is 12.2. The third-order valence-corrected chi connectivity index (χ3v) is 3.90. The Kier molecular flexibility index (Phi) is 3.70. The van der Waals surface area contributed by atoms with Gasteiger partial charge in [0.1, 0.15) is 0 Å². The number of carbonyl (C=O) groups excluding carboxylic acids is 1. The highest BCUT2D eigenvalue weighted by molar-refractivity contribution is 6.08. The highest BCUT2D eigenvalue weighted by Gasteiger charge is 2.12. The summed E-state index contributed by atoms with van der Waals surface area (Å²) in [6.07, 6.45) is 1.72. The SMILES string of the molecule is Cc1ccc(-n2ncc3c(NC(=O)c4ccccc4)cccc32)nn1. The Labute approximate surface area is 144 Å². The molecule has 0 aliphatic heterocycles. The molecule has 0 fully saturated rings. The molecule has 25 heavy (non-hydrogen) atoms. The maximum absolute atomic E-state index is 12.4. The van der Waals surface area contributed by atoms with Crippen molar-refractivity contribution in [1.82, 2.24) is 20.0 Å². The summed E-state index contributed by atoms with van der Waals surface area (Å²) in [5.74, 6) is 0.475. The molecule has 6 heteroatoms. The molecule has 2 aromatic heterocycles. The van der Waals surface area contributed by atoms with Gasteiger partial charge in [0.2, 0.25) is 0 Å². The number of hydrogen-bond donors (Lipinski definition) is 1. The fourth-order valence-electron chi connectivity index (χ4n) is 2.63. The lowest BCUT2D eigenvalue weighted by Gasteiger charge is -2.07. The van der Waals surface area contributed by atoms with Crippen LogP contribution >= 0.6 is 0 Å². The van der Waals surface area contributed by atoms with Crippen molar-refractivity contribution < 1.29 is 4.79 Å². The topological polar surface area (TPSA) is 72.7 Å². The van der Waals surface area contributed by atoms with Crippen LogP contribution in [0.4, 0.5) is 5.69 Å². The predicted octanol–water partition coefficient (Wildman–Crippen LogP) is 3.38. The second kappa shape index (κ2) is 6.16. The molecule has 0 unspecified atom stereocenters. The van der Waals surface area contributed by atoms with Crippen LogP contribution in [0.3, 0.4) is 0 Å². The standard InChI is InChI=1S/C19H15N5O/c1-13-10-11-18(23-22-13)24-17-9-5-8-16(15(17)12-20-24)21-19(25)14-6-3-2-4-7-14/h2-12H,1H3,(H,21,25). The molecule has 1 amide bonds. The van der Waals surface area contributed by atoms with E-state index in [9.17, 15) is 4.79 Å². The van der Waals surface area contributed by atoms with E-state index in [2.05, 4.69) is 20.6 Å². The normalized spacial score (nSPS) is 10.8. The van der Waals surface area contributed by atoms with Gasteiger partial charge in [0, 0.05) is 10.9 Å². The van der Waals surface area contributed by atoms with E-state index in [-0.39, 0.29) is 5.91 Å². The third kappa shape index (κ3) is 2.85. The molecule has 0 aliphatic carbocycles. The van der Waals surface area contributed by atoms with E-state index in [4.69, 9.17) is 0 Å². The number of benzene rings is 2. The molecule has 0 saturated heterocycles. The van der Waals surface area contributed by atoms with Crippen molar-refractivity contribution in [3.63, 3.8) is 0 Å². The predicted molar refractivity (Wildman–Crippen MR) is 95.8 cm³/mol. The molecule has 0 spiro atoms. The molecule has 2 heterocycles. The summed E-state index contributed by atoms with van der Waals surface area (Å²) in [5.41, 5.74) is 3.01. The molecule has 0 saturated carbocycles. The third-order valence-electron chi connectivity index (χ3n) is 3.90. The molecule has 1 N–H and O–H groups in total. The smallest absolute Gasteiger partial charge is 0.255 e. The van der Waals surface area contributed by atoms with Gasteiger partial charge in [-0.2, -0.15) is 10.2 Å². The van der Waals surface area contributed by atoms with Crippen molar-refractivity contribution in [3.05, 3.63) is 78.1 Å². The highest BCUT2D eigenvalue weighted by Crippen LogP contribution is 2.25. The number of nitrogens with zero attached hydrogens (tertiary/aromatic N) is 4. The van der Waals surface area contributed by atoms with Crippen LogP contribution in [0.1, 0.15) is 16.1 Å². The van der Waals surface area contributed by atoms with Crippen LogP contribution in [0.2, 0.25) is 0 Å². The quantitative estimate of drug-likeness (QED) is 0.625. The molecule has 6 nitrogen and oxygen atoms in total. The lowest BCUT2D eigenvalue weighted by atomic mass is 10.2. The average Bonchev–Trinajstić information content (AvgIpc) is 3.08. The van der Waals surface area contributed by atoms with Crippen LogP contribution in [0.15, 0.2) is 66.9 Å². The van der Waals surface area contributed by atoms with Gasteiger partial charge >= 0.3 is 0 Å². The van der Waals surface area contributed by atoms with Crippen LogP contribution < -0.4 is 5.32 Å². The first kappa shape index (κ1) is 15.0. The molecule has 0 atom stereocenters. The van der Waals surface area contributed by atoms with Crippen LogP contribution in [0, 0.1) is 6.92 Å². The summed E-state index contributed by atoms with van der Waals surface area (Å²) < 4.78 is 1.71. The van der Waals surface area contributed by atoms with E-state index in [1.54, 1.807) is 23.0 Å². The average molecular weight is 329 g/mol. The molecule has 2 aromatic carbocycles. The molecule has 0 aliphatic rings. The van der Waals surface area contributed by atoms with Gasteiger partial charge in [-0.05, 0) is 43.3 Å². The largest absolute Gasteiger partial charge is 0.321 e. The zero-order chi connectivity index (χ0) is 17.2. The molecule has 0 bridgehead atoms. The molecular weight excluding hydrogens is 314 g/mol.